The van der Waals surface area contributed by atoms with Gasteiger partial charge in [0.25, 0.3) is 11.8 Å². The third-order valence-electron chi connectivity index (χ3n) is 4.14. The van der Waals surface area contributed by atoms with Crippen LogP contribution in [0.4, 0.5) is 18.9 Å². The zero-order valence-electron chi connectivity index (χ0n) is 13.0. The van der Waals surface area contributed by atoms with Crippen LogP contribution in [0.15, 0.2) is 12.1 Å². The summed E-state index contributed by atoms with van der Waals surface area (Å²) in [6.45, 7) is -0.496. The number of hydrogen-bond acceptors (Lipinski definition) is 5. The summed E-state index contributed by atoms with van der Waals surface area (Å²) >= 11 is 0. The van der Waals surface area contributed by atoms with E-state index in [-0.39, 0.29) is 32.5 Å². The second kappa shape index (κ2) is 6.06. The number of benzene rings is 1. The van der Waals surface area contributed by atoms with Crippen LogP contribution in [0.2, 0.25) is 0 Å². The molecule has 2 aliphatic rings. The number of likely N-dealkylation sites (tertiary alicyclic amines) is 1. The fourth-order valence-corrected chi connectivity index (χ4v) is 4.13. The highest BCUT2D eigenvalue weighted by molar-refractivity contribution is 7.92. The molecule has 0 aromatic heterocycles. The number of aromatic hydroxyl groups is 1. The maximum atomic E-state index is 14.3. The molecule has 25 heavy (non-hydrogen) atoms. The number of hydrogen-bond donors (Lipinski definition) is 2. The van der Waals surface area contributed by atoms with Crippen molar-refractivity contribution in [1.29, 1.82) is 0 Å². The number of nitrogens with zero attached hydrogens (tertiary/aromatic N) is 2. The Morgan fingerprint density at radius 3 is 2.56 bits per heavy atom. The summed E-state index contributed by atoms with van der Waals surface area (Å²) in [5, 5.41) is 10.0. The molecule has 0 aliphatic carbocycles. The number of phenols is 1. The molecule has 0 unspecified atom stereocenters. The standard InChI is InChI=1S/C14H16F3N3O4S/c15-10-5-9(1-3-19-4-2-14(16,17)8-19)6-11(21)13(10)20-7-12(22)18-25(20,23)24/h5-6,21H,1-4,7-8H2,(H,18,22). The van der Waals surface area contributed by atoms with Crippen molar-refractivity contribution >= 4 is 21.8 Å². The monoisotopic (exact) mass is 379 g/mol. The van der Waals surface area contributed by atoms with Gasteiger partial charge in [0.2, 0.25) is 0 Å². The van der Waals surface area contributed by atoms with E-state index in [1.807, 2.05) is 0 Å². The van der Waals surface area contributed by atoms with Gasteiger partial charge in [0.05, 0.1) is 6.54 Å². The van der Waals surface area contributed by atoms with Gasteiger partial charge in [0.15, 0.2) is 5.82 Å². The Morgan fingerprint density at radius 2 is 2.04 bits per heavy atom. The summed E-state index contributed by atoms with van der Waals surface area (Å²) in [6.07, 6.45) is -0.00975. The van der Waals surface area contributed by atoms with E-state index in [1.165, 1.54) is 11.0 Å². The third-order valence-corrected chi connectivity index (χ3v) is 5.52. The van der Waals surface area contributed by atoms with Crippen LogP contribution in [0.1, 0.15) is 12.0 Å². The molecule has 138 valence electrons. The van der Waals surface area contributed by atoms with Crippen LogP contribution in [0.3, 0.4) is 0 Å². The van der Waals surface area contributed by atoms with E-state index in [2.05, 4.69) is 0 Å². The van der Waals surface area contributed by atoms with E-state index in [0.29, 0.717) is 9.87 Å². The number of amides is 1. The molecule has 1 aromatic rings. The predicted octanol–water partition coefficient (Wildman–Crippen LogP) is 0.596. The minimum Gasteiger partial charge on any atom is -0.506 e. The lowest BCUT2D eigenvalue weighted by Gasteiger charge is -2.19. The summed E-state index contributed by atoms with van der Waals surface area (Å²) in [5.74, 6) is -5.21. The van der Waals surface area contributed by atoms with E-state index in [9.17, 15) is 31.5 Å². The van der Waals surface area contributed by atoms with Gasteiger partial charge in [-0.3, -0.25) is 9.69 Å². The topological polar surface area (TPSA) is 90.0 Å². The molecule has 2 fully saturated rings. The highest BCUT2D eigenvalue weighted by atomic mass is 32.2. The largest absolute Gasteiger partial charge is 0.506 e. The van der Waals surface area contributed by atoms with Gasteiger partial charge in [-0.2, -0.15) is 8.42 Å². The summed E-state index contributed by atoms with van der Waals surface area (Å²) in [7, 11) is -4.24. The Kier molecular flexibility index (Phi) is 4.31. The van der Waals surface area contributed by atoms with Gasteiger partial charge in [0, 0.05) is 19.5 Å². The van der Waals surface area contributed by atoms with Crippen molar-refractivity contribution in [2.75, 3.05) is 30.5 Å². The van der Waals surface area contributed by atoms with Crippen LogP contribution in [0.25, 0.3) is 0 Å². The maximum Gasteiger partial charge on any atom is 0.326 e. The third kappa shape index (κ3) is 3.66. The molecule has 2 heterocycles. The lowest BCUT2D eigenvalue weighted by atomic mass is 10.1. The molecule has 3 rings (SSSR count). The molecule has 0 radical (unpaired) electrons. The predicted molar refractivity (Wildman–Crippen MR) is 82.2 cm³/mol. The summed E-state index contributed by atoms with van der Waals surface area (Å²) < 4.78 is 66.3. The van der Waals surface area contributed by atoms with Crippen LogP contribution >= 0.6 is 0 Å². The lowest BCUT2D eigenvalue weighted by Crippen LogP contribution is -2.30. The van der Waals surface area contributed by atoms with Gasteiger partial charge < -0.3 is 5.11 Å². The van der Waals surface area contributed by atoms with Gasteiger partial charge >= 0.3 is 10.2 Å². The normalized spacial score (nSPS) is 22.4. The van der Waals surface area contributed by atoms with E-state index >= 15 is 0 Å². The number of anilines is 1. The average molecular weight is 379 g/mol. The second-order valence-electron chi connectivity index (χ2n) is 6.11. The van der Waals surface area contributed by atoms with Crippen molar-refractivity contribution in [3.63, 3.8) is 0 Å². The number of alkyl halides is 2. The molecule has 2 N–H and O–H groups in total. The molecule has 0 atom stereocenters. The SMILES string of the molecule is O=C1CN(c2c(O)cc(CCN3CCC(F)(F)C3)cc2F)S(=O)(=O)N1. The van der Waals surface area contributed by atoms with Gasteiger partial charge in [0.1, 0.15) is 18.0 Å². The van der Waals surface area contributed by atoms with Crippen molar-refractivity contribution in [2.45, 2.75) is 18.8 Å². The minimum absolute atomic E-state index is 0.213. The Bertz CT molecular complexity index is 793. The molecule has 0 spiro atoms. The lowest BCUT2D eigenvalue weighted by molar-refractivity contribution is -0.117. The van der Waals surface area contributed by atoms with Gasteiger partial charge in [-0.05, 0) is 24.1 Å². The van der Waals surface area contributed by atoms with Crippen LogP contribution in [-0.4, -0.2) is 56.4 Å². The summed E-state index contributed by atoms with van der Waals surface area (Å²) in [5.41, 5.74) is -0.278. The van der Waals surface area contributed by atoms with Gasteiger partial charge in [-0.1, -0.05) is 0 Å². The van der Waals surface area contributed by atoms with Crippen molar-refractivity contribution < 1.29 is 31.5 Å². The molecule has 2 saturated heterocycles. The van der Waals surface area contributed by atoms with Gasteiger partial charge in [-0.25, -0.2) is 22.2 Å². The molecular weight excluding hydrogens is 363 g/mol. The van der Waals surface area contributed by atoms with Crippen LogP contribution in [-0.2, 0) is 21.4 Å². The molecule has 1 amide bonds. The fourth-order valence-electron chi connectivity index (χ4n) is 2.96. The number of phenolic OH excluding ortho intramolecular Hbond substituents is 1. The Balaban J connectivity index is 1.76. The Morgan fingerprint density at radius 1 is 1.32 bits per heavy atom. The highest BCUT2D eigenvalue weighted by Gasteiger charge is 2.38. The molecule has 0 saturated carbocycles. The quantitative estimate of drug-likeness (QED) is 0.800. The average Bonchev–Trinajstić information content (AvgIpc) is 2.94. The van der Waals surface area contributed by atoms with E-state index in [0.717, 1.165) is 6.07 Å². The zero-order valence-corrected chi connectivity index (χ0v) is 13.8. The fraction of sp³-hybridized carbons (Fsp3) is 0.500. The highest BCUT2D eigenvalue weighted by Crippen LogP contribution is 2.35. The minimum atomic E-state index is -4.24. The molecule has 2 aliphatic heterocycles. The van der Waals surface area contributed by atoms with Crippen LogP contribution < -0.4 is 9.03 Å². The molecule has 1 aromatic carbocycles. The van der Waals surface area contributed by atoms with Crippen molar-refractivity contribution in [2.24, 2.45) is 0 Å². The molecular formula is C14H16F3N3O4S. The van der Waals surface area contributed by atoms with Crippen molar-refractivity contribution in [1.82, 2.24) is 9.62 Å². The number of nitrogens with one attached hydrogen (secondary N) is 1. The van der Waals surface area contributed by atoms with E-state index < -0.39 is 45.8 Å². The number of carbonyl (C=O) groups is 1. The zero-order chi connectivity index (χ0) is 18.4. The van der Waals surface area contributed by atoms with Crippen LogP contribution in [0.5, 0.6) is 5.75 Å². The Labute approximate surface area is 142 Å². The second-order valence-corrected chi connectivity index (χ2v) is 7.71. The smallest absolute Gasteiger partial charge is 0.326 e. The summed E-state index contributed by atoms with van der Waals surface area (Å²) in [4.78, 5) is 12.8. The van der Waals surface area contributed by atoms with Crippen LogP contribution in [0, 0.1) is 5.82 Å². The van der Waals surface area contributed by atoms with Crippen molar-refractivity contribution in [3.8, 4) is 5.75 Å². The van der Waals surface area contributed by atoms with Crippen molar-refractivity contribution in [3.05, 3.63) is 23.5 Å². The first-order valence-corrected chi connectivity index (χ1v) is 8.96. The number of carbonyl (C=O) groups excluding carboxylic acids is 1. The molecule has 7 nitrogen and oxygen atoms in total. The first-order valence-electron chi connectivity index (χ1n) is 7.52. The van der Waals surface area contributed by atoms with Gasteiger partial charge in [-0.15, -0.1) is 0 Å². The number of rotatable bonds is 4. The number of halogens is 3. The molecule has 0 bridgehead atoms. The maximum absolute atomic E-state index is 14.3. The molecule has 11 heteroatoms. The first kappa shape index (κ1) is 17.8. The van der Waals surface area contributed by atoms with E-state index in [1.54, 1.807) is 4.72 Å². The Hall–Kier alpha value is -2.01. The summed E-state index contributed by atoms with van der Waals surface area (Å²) in [6, 6.07) is 2.20. The van der Waals surface area contributed by atoms with E-state index in [4.69, 9.17) is 0 Å². The first-order chi connectivity index (χ1) is 11.6.